The molecule has 1 aliphatic carbocycles. The van der Waals surface area contributed by atoms with Crippen molar-refractivity contribution in [3.8, 4) is 0 Å². The van der Waals surface area contributed by atoms with Crippen molar-refractivity contribution < 1.29 is 17.9 Å². The number of hydrogen-bond acceptors (Lipinski definition) is 5. The van der Waals surface area contributed by atoms with Crippen molar-refractivity contribution in [2.75, 3.05) is 12.4 Å². The molecule has 0 heterocycles. The third kappa shape index (κ3) is 2.23. The predicted molar refractivity (Wildman–Crippen MR) is 76.0 cm³/mol. The first-order chi connectivity index (χ1) is 9.39. The Hall–Kier alpha value is -1.40. The molecule has 5 nitrogen and oxygen atoms in total. The smallest absolute Gasteiger partial charge is 0.328 e. The van der Waals surface area contributed by atoms with Crippen LogP contribution in [0.25, 0.3) is 0 Å². The summed E-state index contributed by atoms with van der Waals surface area (Å²) in [5.74, 6) is -1.22. The second-order valence-electron chi connectivity index (χ2n) is 4.91. The van der Waals surface area contributed by atoms with Gasteiger partial charge in [0.05, 0.1) is 11.9 Å². The number of nitrogens with two attached hydrogens (primary N) is 1. The van der Waals surface area contributed by atoms with E-state index in [4.69, 9.17) is 10.5 Å². The molecule has 0 aromatic heterocycles. The highest BCUT2D eigenvalue weighted by Crippen LogP contribution is 2.54. The summed E-state index contributed by atoms with van der Waals surface area (Å²) in [7, 11) is -3.42. The average molecular weight is 297 g/mol. The van der Waals surface area contributed by atoms with Gasteiger partial charge in [-0.05, 0) is 12.5 Å². The van der Waals surface area contributed by atoms with E-state index < -0.39 is 32.5 Å². The molecule has 20 heavy (non-hydrogen) atoms. The highest BCUT2D eigenvalue weighted by Gasteiger charge is 2.73. The van der Waals surface area contributed by atoms with Gasteiger partial charge in [-0.3, -0.25) is 0 Å². The molecule has 0 saturated heterocycles. The zero-order valence-electron chi connectivity index (χ0n) is 11.6. The molecule has 1 fully saturated rings. The molecule has 1 saturated carbocycles. The maximum absolute atomic E-state index is 12.2. The fourth-order valence-electron chi connectivity index (χ4n) is 2.67. The van der Waals surface area contributed by atoms with Gasteiger partial charge in [0.1, 0.15) is 5.54 Å². The summed E-state index contributed by atoms with van der Waals surface area (Å²) in [4.78, 5) is 12.1. The first-order valence-corrected chi connectivity index (χ1v) is 8.33. The Morgan fingerprint density at radius 2 is 1.90 bits per heavy atom. The van der Waals surface area contributed by atoms with Gasteiger partial charge in [0.25, 0.3) is 0 Å². The molecule has 1 aromatic rings. The monoisotopic (exact) mass is 297 g/mol. The number of carbonyl (C=O) groups is 1. The van der Waals surface area contributed by atoms with Gasteiger partial charge in [-0.25, -0.2) is 13.2 Å². The minimum atomic E-state index is -3.42. The Bertz CT molecular complexity index is 599. The zero-order chi connectivity index (χ0) is 15.0. The molecular formula is C14H19NO4S. The maximum Gasteiger partial charge on any atom is 0.328 e. The summed E-state index contributed by atoms with van der Waals surface area (Å²) in [5, 5.41) is -0.901. The van der Waals surface area contributed by atoms with E-state index in [1.165, 1.54) is 0 Å². The minimum absolute atomic E-state index is 0.0423. The second kappa shape index (κ2) is 5.18. The van der Waals surface area contributed by atoms with Crippen LogP contribution in [0.5, 0.6) is 0 Å². The molecule has 0 unspecified atom stereocenters. The summed E-state index contributed by atoms with van der Waals surface area (Å²) in [6.45, 7) is 3.41. The molecule has 2 N–H and O–H groups in total. The lowest BCUT2D eigenvalue weighted by Gasteiger charge is -2.10. The number of hydrogen-bond donors (Lipinski definition) is 1. The van der Waals surface area contributed by atoms with Crippen LogP contribution < -0.4 is 5.73 Å². The predicted octanol–water partition coefficient (Wildman–Crippen LogP) is 0.848. The highest BCUT2D eigenvalue weighted by atomic mass is 32.2. The molecule has 3 atom stereocenters. The third-order valence-electron chi connectivity index (χ3n) is 3.76. The fraction of sp³-hybridized carbons (Fsp3) is 0.500. The van der Waals surface area contributed by atoms with E-state index >= 15 is 0 Å². The summed E-state index contributed by atoms with van der Waals surface area (Å²) >= 11 is 0. The van der Waals surface area contributed by atoms with Gasteiger partial charge in [-0.15, -0.1) is 0 Å². The lowest BCUT2D eigenvalue weighted by atomic mass is 10.1. The largest absolute Gasteiger partial charge is 0.465 e. The molecule has 6 heteroatoms. The molecular weight excluding hydrogens is 278 g/mol. The molecule has 0 bridgehead atoms. The van der Waals surface area contributed by atoms with Crippen molar-refractivity contribution in [3.05, 3.63) is 35.9 Å². The normalized spacial score (nSPS) is 28.9. The Morgan fingerprint density at radius 3 is 2.40 bits per heavy atom. The van der Waals surface area contributed by atoms with Crippen LogP contribution in [0.15, 0.2) is 30.3 Å². The van der Waals surface area contributed by atoms with Crippen LogP contribution in [0.4, 0.5) is 0 Å². The summed E-state index contributed by atoms with van der Waals surface area (Å²) in [6, 6.07) is 9.01. The van der Waals surface area contributed by atoms with Crippen molar-refractivity contribution in [1.29, 1.82) is 0 Å². The van der Waals surface area contributed by atoms with Gasteiger partial charge in [0.2, 0.25) is 0 Å². The number of rotatable bonds is 5. The van der Waals surface area contributed by atoms with Crippen molar-refractivity contribution in [2.45, 2.75) is 30.6 Å². The van der Waals surface area contributed by atoms with E-state index in [0.29, 0.717) is 0 Å². The van der Waals surface area contributed by atoms with Crippen molar-refractivity contribution in [3.63, 3.8) is 0 Å². The van der Waals surface area contributed by atoms with Gasteiger partial charge >= 0.3 is 5.97 Å². The molecule has 0 aliphatic heterocycles. The Labute approximate surface area is 119 Å². The van der Waals surface area contributed by atoms with Crippen LogP contribution in [-0.2, 0) is 19.4 Å². The number of esters is 1. The first-order valence-electron chi connectivity index (χ1n) is 6.62. The van der Waals surface area contributed by atoms with Crippen LogP contribution in [0.3, 0.4) is 0 Å². The van der Waals surface area contributed by atoms with Gasteiger partial charge in [-0.2, -0.15) is 0 Å². The number of benzene rings is 1. The van der Waals surface area contributed by atoms with Crippen molar-refractivity contribution >= 4 is 15.8 Å². The number of sulfone groups is 1. The lowest BCUT2D eigenvalue weighted by Crippen LogP contribution is -2.41. The van der Waals surface area contributed by atoms with Crippen LogP contribution >= 0.6 is 0 Å². The zero-order valence-corrected chi connectivity index (χ0v) is 12.4. The SMILES string of the molecule is CCOC(=O)[C@]1(N)[C@H](c2ccccc2)[C@@H]1S(=O)(=O)CC. The topological polar surface area (TPSA) is 86.5 Å². The van der Waals surface area contributed by atoms with Crippen LogP contribution in [0, 0.1) is 0 Å². The van der Waals surface area contributed by atoms with E-state index in [0.717, 1.165) is 5.56 Å². The van der Waals surface area contributed by atoms with E-state index in [9.17, 15) is 13.2 Å². The van der Waals surface area contributed by atoms with Crippen LogP contribution in [0.1, 0.15) is 25.3 Å². The second-order valence-corrected chi connectivity index (χ2v) is 7.32. The third-order valence-corrected chi connectivity index (χ3v) is 6.00. The number of ether oxygens (including phenoxy) is 1. The molecule has 1 aliphatic rings. The van der Waals surface area contributed by atoms with Crippen LogP contribution in [0.2, 0.25) is 0 Å². The van der Waals surface area contributed by atoms with Crippen LogP contribution in [-0.4, -0.2) is 37.5 Å². The van der Waals surface area contributed by atoms with E-state index in [2.05, 4.69) is 0 Å². The van der Waals surface area contributed by atoms with Gasteiger partial charge in [0.15, 0.2) is 9.84 Å². The molecule has 110 valence electrons. The molecule has 0 radical (unpaired) electrons. The standard InChI is InChI=1S/C14H19NO4S/c1-3-19-13(16)14(15)11(10-8-6-5-7-9-10)12(14)20(17,18)4-2/h5-9,11-12H,3-4,15H2,1-2H3/t11-,12+,14+/m1/s1. The quantitative estimate of drug-likeness (QED) is 0.814. The number of carbonyl (C=O) groups excluding carboxylic acids is 1. The minimum Gasteiger partial charge on any atom is -0.465 e. The summed E-state index contributed by atoms with van der Waals surface area (Å²) < 4.78 is 29.3. The van der Waals surface area contributed by atoms with Crippen molar-refractivity contribution in [2.24, 2.45) is 5.73 Å². The molecule has 1 aromatic carbocycles. The molecule has 2 rings (SSSR count). The van der Waals surface area contributed by atoms with E-state index in [1.807, 2.05) is 6.07 Å². The van der Waals surface area contributed by atoms with E-state index in [-0.39, 0.29) is 12.4 Å². The van der Waals surface area contributed by atoms with E-state index in [1.54, 1.807) is 38.1 Å². The summed E-state index contributed by atoms with van der Waals surface area (Å²) in [5.41, 5.74) is 5.39. The maximum atomic E-state index is 12.2. The fourth-order valence-corrected chi connectivity index (χ4v) is 4.58. The Morgan fingerprint density at radius 1 is 1.30 bits per heavy atom. The van der Waals surface area contributed by atoms with Crippen molar-refractivity contribution in [1.82, 2.24) is 0 Å². The molecule has 0 amide bonds. The van der Waals surface area contributed by atoms with Gasteiger partial charge < -0.3 is 10.5 Å². The lowest BCUT2D eigenvalue weighted by molar-refractivity contribution is -0.145. The Kier molecular flexibility index (Phi) is 3.88. The Balaban J connectivity index is 2.42. The summed E-state index contributed by atoms with van der Waals surface area (Å²) in [6.07, 6.45) is 0. The van der Waals surface area contributed by atoms with Gasteiger partial charge in [-0.1, -0.05) is 37.3 Å². The average Bonchev–Trinajstić information content (AvgIpc) is 3.09. The molecule has 0 spiro atoms. The van der Waals surface area contributed by atoms with Gasteiger partial charge in [0, 0.05) is 11.7 Å². The first kappa shape index (κ1) is 15.0. The highest BCUT2D eigenvalue weighted by molar-refractivity contribution is 7.92.